The third-order valence-corrected chi connectivity index (χ3v) is 4.71. The standard InChI is InChI=1S/C17H25N3O/c1-14-13-15-5-3-4-6-16(15)20(14)17(21)7-8-19-11-9-18(2)10-12-19/h3-6,14H,7-13H2,1-2H3/t14-/m1/s1. The minimum Gasteiger partial charge on any atom is -0.309 e. The van der Waals surface area contributed by atoms with Crippen LogP contribution in [0.4, 0.5) is 5.69 Å². The number of fused-ring (bicyclic) bond motifs is 1. The summed E-state index contributed by atoms with van der Waals surface area (Å²) in [5.41, 5.74) is 2.42. The van der Waals surface area contributed by atoms with E-state index in [-0.39, 0.29) is 5.91 Å². The van der Waals surface area contributed by atoms with E-state index >= 15 is 0 Å². The minimum absolute atomic E-state index is 0.270. The first-order valence-electron chi connectivity index (χ1n) is 7.96. The monoisotopic (exact) mass is 287 g/mol. The summed E-state index contributed by atoms with van der Waals surface area (Å²) in [4.78, 5) is 19.4. The second-order valence-corrected chi connectivity index (χ2v) is 6.34. The first-order chi connectivity index (χ1) is 10.1. The number of anilines is 1. The third-order valence-electron chi connectivity index (χ3n) is 4.71. The molecule has 1 atom stereocenters. The third kappa shape index (κ3) is 3.11. The van der Waals surface area contributed by atoms with Crippen LogP contribution in [0.3, 0.4) is 0 Å². The zero-order valence-corrected chi connectivity index (χ0v) is 13.1. The maximum Gasteiger partial charge on any atom is 0.228 e. The van der Waals surface area contributed by atoms with Gasteiger partial charge in [0.25, 0.3) is 0 Å². The molecule has 4 nitrogen and oxygen atoms in total. The Labute approximate surface area is 127 Å². The van der Waals surface area contributed by atoms with Crippen LogP contribution in [0, 0.1) is 0 Å². The number of benzene rings is 1. The maximum atomic E-state index is 12.6. The topological polar surface area (TPSA) is 26.8 Å². The van der Waals surface area contributed by atoms with Gasteiger partial charge in [0.05, 0.1) is 0 Å². The minimum atomic E-state index is 0.270. The second kappa shape index (κ2) is 6.16. The summed E-state index contributed by atoms with van der Waals surface area (Å²) in [7, 11) is 2.16. The smallest absolute Gasteiger partial charge is 0.228 e. The molecule has 0 saturated carbocycles. The lowest BCUT2D eigenvalue weighted by molar-refractivity contribution is -0.119. The number of amides is 1. The molecule has 0 aliphatic carbocycles. The van der Waals surface area contributed by atoms with E-state index in [0.717, 1.165) is 44.8 Å². The molecule has 2 heterocycles. The van der Waals surface area contributed by atoms with Crippen LogP contribution in [-0.2, 0) is 11.2 Å². The fourth-order valence-corrected chi connectivity index (χ4v) is 3.39. The predicted octanol–water partition coefficient (Wildman–Crippen LogP) is 1.60. The van der Waals surface area contributed by atoms with E-state index in [4.69, 9.17) is 0 Å². The fraction of sp³-hybridized carbons (Fsp3) is 0.588. The van der Waals surface area contributed by atoms with Gasteiger partial charge in [0.15, 0.2) is 0 Å². The van der Waals surface area contributed by atoms with Crippen molar-refractivity contribution in [2.24, 2.45) is 0 Å². The zero-order valence-electron chi connectivity index (χ0n) is 13.1. The molecule has 0 spiro atoms. The fourth-order valence-electron chi connectivity index (χ4n) is 3.39. The summed E-state index contributed by atoms with van der Waals surface area (Å²) in [5.74, 6) is 0.270. The molecule has 1 aromatic rings. The van der Waals surface area contributed by atoms with Gasteiger partial charge in [0.2, 0.25) is 5.91 Å². The molecule has 0 aromatic heterocycles. The summed E-state index contributed by atoms with van der Waals surface area (Å²) in [5, 5.41) is 0. The number of rotatable bonds is 3. The molecular formula is C17H25N3O. The van der Waals surface area contributed by atoms with Crippen LogP contribution in [0.1, 0.15) is 18.9 Å². The molecule has 2 aliphatic heterocycles. The van der Waals surface area contributed by atoms with Crippen molar-refractivity contribution in [2.75, 3.05) is 44.7 Å². The lowest BCUT2D eigenvalue weighted by atomic mass is 10.1. The summed E-state index contributed by atoms with van der Waals surface area (Å²) in [6, 6.07) is 8.59. The zero-order chi connectivity index (χ0) is 14.8. The van der Waals surface area contributed by atoms with E-state index < -0.39 is 0 Å². The van der Waals surface area contributed by atoms with Crippen LogP contribution >= 0.6 is 0 Å². The number of hydrogen-bond acceptors (Lipinski definition) is 3. The van der Waals surface area contributed by atoms with E-state index in [9.17, 15) is 4.79 Å². The highest BCUT2D eigenvalue weighted by atomic mass is 16.2. The number of likely N-dealkylation sites (N-methyl/N-ethyl adjacent to an activating group) is 1. The molecule has 1 amide bonds. The highest BCUT2D eigenvalue weighted by Crippen LogP contribution is 2.32. The molecule has 2 aliphatic rings. The van der Waals surface area contributed by atoms with Gasteiger partial charge in [-0.05, 0) is 32.0 Å². The van der Waals surface area contributed by atoms with Crippen molar-refractivity contribution in [3.8, 4) is 0 Å². The number of carbonyl (C=O) groups excluding carboxylic acids is 1. The Kier molecular flexibility index (Phi) is 4.27. The Morgan fingerprint density at radius 2 is 1.90 bits per heavy atom. The lowest BCUT2D eigenvalue weighted by Gasteiger charge is -2.32. The number of hydrogen-bond donors (Lipinski definition) is 0. The van der Waals surface area contributed by atoms with Gasteiger partial charge in [-0.3, -0.25) is 4.79 Å². The summed E-state index contributed by atoms with van der Waals surface area (Å²) in [6.07, 6.45) is 1.61. The molecule has 114 valence electrons. The molecule has 21 heavy (non-hydrogen) atoms. The average molecular weight is 287 g/mol. The van der Waals surface area contributed by atoms with E-state index in [1.54, 1.807) is 0 Å². The summed E-state index contributed by atoms with van der Waals surface area (Å²) in [6.45, 7) is 7.41. The number of para-hydroxylation sites is 1. The molecule has 4 heteroatoms. The Bertz CT molecular complexity index is 509. The molecule has 1 fully saturated rings. The van der Waals surface area contributed by atoms with E-state index in [0.29, 0.717) is 12.5 Å². The van der Waals surface area contributed by atoms with E-state index in [1.807, 2.05) is 11.0 Å². The van der Waals surface area contributed by atoms with Gasteiger partial charge in [0.1, 0.15) is 0 Å². The average Bonchev–Trinajstić information content (AvgIpc) is 2.82. The molecule has 0 N–H and O–H groups in total. The van der Waals surface area contributed by atoms with Gasteiger partial charge in [-0.25, -0.2) is 0 Å². The Hall–Kier alpha value is -1.39. The van der Waals surface area contributed by atoms with Crippen molar-refractivity contribution in [3.63, 3.8) is 0 Å². The van der Waals surface area contributed by atoms with E-state index in [1.165, 1.54) is 5.56 Å². The van der Waals surface area contributed by atoms with Crippen LogP contribution < -0.4 is 4.90 Å². The first kappa shape index (κ1) is 14.5. The highest BCUT2D eigenvalue weighted by molar-refractivity contribution is 5.96. The van der Waals surface area contributed by atoms with Crippen LogP contribution in [0.25, 0.3) is 0 Å². The van der Waals surface area contributed by atoms with Crippen molar-refractivity contribution in [1.82, 2.24) is 9.80 Å². The van der Waals surface area contributed by atoms with Crippen LogP contribution in [0.2, 0.25) is 0 Å². The van der Waals surface area contributed by atoms with Crippen LogP contribution in [-0.4, -0.2) is 61.5 Å². The number of nitrogens with zero attached hydrogens (tertiary/aromatic N) is 3. The predicted molar refractivity (Wildman–Crippen MR) is 85.6 cm³/mol. The molecule has 1 saturated heterocycles. The Morgan fingerprint density at radius 3 is 2.67 bits per heavy atom. The van der Waals surface area contributed by atoms with Crippen molar-refractivity contribution < 1.29 is 4.79 Å². The van der Waals surface area contributed by atoms with Gasteiger partial charge >= 0.3 is 0 Å². The van der Waals surface area contributed by atoms with Gasteiger partial charge in [-0.2, -0.15) is 0 Å². The Morgan fingerprint density at radius 1 is 1.19 bits per heavy atom. The van der Waals surface area contributed by atoms with Crippen molar-refractivity contribution in [2.45, 2.75) is 25.8 Å². The lowest BCUT2D eigenvalue weighted by Crippen LogP contribution is -2.46. The van der Waals surface area contributed by atoms with Crippen molar-refractivity contribution in [3.05, 3.63) is 29.8 Å². The molecule has 3 rings (SSSR count). The number of piperazine rings is 1. The summed E-state index contributed by atoms with van der Waals surface area (Å²) < 4.78 is 0. The van der Waals surface area contributed by atoms with Crippen molar-refractivity contribution >= 4 is 11.6 Å². The first-order valence-corrected chi connectivity index (χ1v) is 7.96. The second-order valence-electron chi connectivity index (χ2n) is 6.34. The van der Waals surface area contributed by atoms with Crippen molar-refractivity contribution in [1.29, 1.82) is 0 Å². The quantitative estimate of drug-likeness (QED) is 0.845. The maximum absolute atomic E-state index is 12.6. The van der Waals surface area contributed by atoms with Gasteiger partial charge in [-0.1, -0.05) is 18.2 Å². The highest BCUT2D eigenvalue weighted by Gasteiger charge is 2.30. The normalized spacial score (nSPS) is 23.3. The molecule has 0 bridgehead atoms. The molecular weight excluding hydrogens is 262 g/mol. The largest absolute Gasteiger partial charge is 0.309 e. The van der Waals surface area contributed by atoms with Gasteiger partial charge < -0.3 is 14.7 Å². The van der Waals surface area contributed by atoms with Gasteiger partial charge in [-0.15, -0.1) is 0 Å². The van der Waals surface area contributed by atoms with Crippen LogP contribution in [0.15, 0.2) is 24.3 Å². The summed E-state index contributed by atoms with van der Waals surface area (Å²) >= 11 is 0. The SMILES string of the molecule is C[C@@H]1Cc2ccccc2N1C(=O)CCN1CCN(C)CC1. The number of carbonyl (C=O) groups is 1. The molecule has 0 unspecified atom stereocenters. The van der Waals surface area contributed by atoms with E-state index in [2.05, 4.69) is 42.0 Å². The molecule has 0 radical (unpaired) electrons. The van der Waals surface area contributed by atoms with Gasteiger partial charge in [0, 0.05) is 50.9 Å². The molecule has 1 aromatic carbocycles. The van der Waals surface area contributed by atoms with Crippen LogP contribution in [0.5, 0.6) is 0 Å². The Balaban J connectivity index is 1.58.